The maximum atomic E-state index is 13.9. The molecule has 1 aliphatic rings. The number of nitrogens with one attached hydrogen (secondary N) is 1. The minimum absolute atomic E-state index is 0.0283. The molecule has 0 aromatic heterocycles. The number of carbonyl (C=O) groups is 3. The van der Waals surface area contributed by atoms with Crippen molar-refractivity contribution in [3.05, 3.63) is 99.9 Å². The van der Waals surface area contributed by atoms with Gasteiger partial charge in [-0.1, -0.05) is 36.4 Å². The molecule has 3 aromatic rings. The molecule has 0 fully saturated rings. The maximum Gasteiger partial charge on any atom is 0.258 e. The van der Waals surface area contributed by atoms with Crippen LogP contribution in [0.15, 0.2) is 54.6 Å². The van der Waals surface area contributed by atoms with Crippen LogP contribution in [0.2, 0.25) is 0 Å². The highest BCUT2D eigenvalue weighted by atomic mass is 19.2. The molecule has 1 aliphatic carbocycles. The van der Waals surface area contributed by atoms with Crippen molar-refractivity contribution in [2.24, 2.45) is 0 Å². The van der Waals surface area contributed by atoms with Gasteiger partial charge in [0, 0.05) is 16.7 Å². The molecule has 0 atom stereocenters. The first-order valence-electron chi connectivity index (χ1n) is 8.16. The summed E-state index contributed by atoms with van der Waals surface area (Å²) in [5.41, 5.74) is -0.281. The first-order chi connectivity index (χ1) is 13.4. The Kier molecular flexibility index (Phi) is 4.07. The van der Waals surface area contributed by atoms with Crippen molar-refractivity contribution in [2.75, 3.05) is 5.32 Å². The van der Waals surface area contributed by atoms with Crippen molar-refractivity contribution in [3.63, 3.8) is 0 Å². The van der Waals surface area contributed by atoms with Gasteiger partial charge in [0.15, 0.2) is 29.0 Å². The molecule has 0 unspecified atom stereocenters. The standard InChI is InChI=1S/C21H10F3NO3/c22-14-9-8-13(17(23)18(14)24)21(28)25-15-7-3-6-12-16(15)20(27)11-5-2-1-4-10(11)19(12)26/h1-9H,(H,25,28). The van der Waals surface area contributed by atoms with Crippen molar-refractivity contribution in [2.45, 2.75) is 0 Å². The van der Waals surface area contributed by atoms with Crippen molar-refractivity contribution in [3.8, 4) is 0 Å². The third kappa shape index (κ3) is 2.60. The summed E-state index contributed by atoms with van der Waals surface area (Å²) in [4.78, 5) is 37.9. The van der Waals surface area contributed by atoms with Crippen molar-refractivity contribution in [1.82, 2.24) is 0 Å². The second-order valence-corrected chi connectivity index (χ2v) is 6.11. The van der Waals surface area contributed by atoms with Crippen LogP contribution < -0.4 is 5.32 Å². The summed E-state index contributed by atoms with van der Waals surface area (Å²) >= 11 is 0. The lowest BCUT2D eigenvalue weighted by atomic mass is 9.83. The van der Waals surface area contributed by atoms with E-state index in [0.29, 0.717) is 6.07 Å². The lowest BCUT2D eigenvalue weighted by Crippen LogP contribution is -2.24. The van der Waals surface area contributed by atoms with Crippen LogP contribution >= 0.6 is 0 Å². The van der Waals surface area contributed by atoms with Crippen LogP contribution in [0.25, 0.3) is 0 Å². The fourth-order valence-electron chi connectivity index (χ4n) is 3.14. The number of anilines is 1. The summed E-state index contributed by atoms with van der Waals surface area (Å²) in [5, 5.41) is 2.31. The second-order valence-electron chi connectivity index (χ2n) is 6.11. The number of hydrogen-bond donors (Lipinski definition) is 1. The summed E-state index contributed by atoms with van der Waals surface area (Å²) in [6.07, 6.45) is 0. The minimum atomic E-state index is -1.78. The number of amides is 1. The van der Waals surface area contributed by atoms with E-state index in [9.17, 15) is 27.6 Å². The van der Waals surface area contributed by atoms with Crippen LogP contribution in [0.5, 0.6) is 0 Å². The summed E-state index contributed by atoms with van der Waals surface area (Å²) < 4.78 is 40.4. The fourth-order valence-corrected chi connectivity index (χ4v) is 3.14. The van der Waals surface area contributed by atoms with E-state index < -0.39 is 34.7 Å². The highest BCUT2D eigenvalue weighted by Crippen LogP contribution is 2.32. The third-order valence-corrected chi connectivity index (χ3v) is 4.48. The van der Waals surface area contributed by atoms with E-state index in [4.69, 9.17) is 0 Å². The van der Waals surface area contributed by atoms with E-state index in [-0.39, 0.29) is 33.7 Å². The average Bonchev–Trinajstić information content (AvgIpc) is 2.70. The Morgan fingerprint density at radius 2 is 1.36 bits per heavy atom. The lowest BCUT2D eigenvalue weighted by Gasteiger charge is -2.20. The van der Waals surface area contributed by atoms with Crippen LogP contribution in [0, 0.1) is 17.5 Å². The van der Waals surface area contributed by atoms with Crippen LogP contribution in [0.3, 0.4) is 0 Å². The number of halogens is 3. The summed E-state index contributed by atoms with van der Waals surface area (Å²) in [5.74, 6) is -6.79. The molecule has 4 rings (SSSR count). The van der Waals surface area contributed by atoms with E-state index >= 15 is 0 Å². The lowest BCUT2D eigenvalue weighted by molar-refractivity contribution is 0.0978. The van der Waals surface area contributed by atoms with Crippen LogP contribution in [-0.2, 0) is 0 Å². The zero-order valence-corrected chi connectivity index (χ0v) is 14.1. The van der Waals surface area contributed by atoms with Gasteiger partial charge >= 0.3 is 0 Å². The minimum Gasteiger partial charge on any atom is -0.321 e. The molecule has 28 heavy (non-hydrogen) atoms. The molecule has 0 bridgehead atoms. The van der Waals surface area contributed by atoms with E-state index in [1.54, 1.807) is 12.1 Å². The molecule has 7 heteroatoms. The zero-order chi connectivity index (χ0) is 20.0. The SMILES string of the molecule is O=C(Nc1cccc2c1C(=O)c1ccccc1C2=O)c1ccc(F)c(F)c1F. The number of benzene rings is 3. The van der Waals surface area contributed by atoms with Crippen molar-refractivity contribution in [1.29, 1.82) is 0 Å². The first-order valence-corrected chi connectivity index (χ1v) is 8.16. The van der Waals surface area contributed by atoms with Gasteiger partial charge in [-0.2, -0.15) is 0 Å². The van der Waals surface area contributed by atoms with Crippen LogP contribution in [0.1, 0.15) is 42.2 Å². The first kappa shape index (κ1) is 17.7. The van der Waals surface area contributed by atoms with Crippen molar-refractivity contribution >= 4 is 23.2 Å². The van der Waals surface area contributed by atoms with Gasteiger partial charge in [-0.15, -0.1) is 0 Å². The van der Waals surface area contributed by atoms with Crippen LogP contribution in [0.4, 0.5) is 18.9 Å². The Morgan fingerprint density at radius 1 is 0.714 bits per heavy atom. The highest BCUT2D eigenvalue weighted by molar-refractivity contribution is 6.30. The molecule has 1 N–H and O–H groups in total. The average molecular weight is 381 g/mol. The highest BCUT2D eigenvalue weighted by Gasteiger charge is 2.32. The molecule has 4 nitrogen and oxygen atoms in total. The van der Waals surface area contributed by atoms with Gasteiger partial charge in [0.2, 0.25) is 0 Å². The Balaban J connectivity index is 1.78. The summed E-state index contributed by atoms with van der Waals surface area (Å²) in [6, 6.07) is 11.9. The topological polar surface area (TPSA) is 63.2 Å². The van der Waals surface area contributed by atoms with Gasteiger partial charge in [0.25, 0.3) is 5.91 Å². The molecular formula is C21H10F3NO3. The molecular weight excluding hydrogens is 371 g/mol. The zero-order valence-electron chi connectivity index (χ0n) is 14.1. The molecule has 3 aromatic carbocycles. The number of rotatable bonds is 2. The third-order valence-electron chi connectivity index (χ3n) is 4.48. The normalized spacial score (nSPS) is 12.4. The summed E-state index contributed by atoms with van der Waals surface area (Å²) in [6.45, 7) is 0. The van der Waals surface area contributed by atoms with Gasteiger partial charge in [0.05, 0.1) is 16.8 Å². The van der Waals surface area contributed by atoms with E-state index in [1.165, 1.54) is 30.3 Å². The predicted molar refractivity (Wildman–Crippen MR) is 94.0 cm³/mol. The van der Waals surface area contributed by atoms with Gasteiger partial charge in [-0.25, -0.2) is 13.2 Å². The largest absolute Gasteiger partial charge is 0.321 e. The molecule has 138 valence electrons. The number of hydrogen-bond acceptors (Lipinski definition) is 3. The number of fused-ring (bicyclic) bond motifs is 2. The molecule has 0 saturated heterocycles. The van der Waals surface area contributed by atoms with Crippen LogP contribution in [-0.4, -0.2) is 17.5 Å². The van der Waals surface area contributed by atoms with E-state index in [2.05, 4.69) is 5.32 Å². The van der Waals surface area contributed by atoms with Gasteiger partial charge in [-0.3, -0.25) is 14.4 Å². The molecule has 0 saturated carbocycles. The molecule has 0 aliphatic heterocycles. The van der Waals surface area contributed by atoms with Gasteiger partial charge < -0.3 is 5.32 Å². The van der Waals surface area contributed by atoms with E-state index in [1.807, 2.05) is 0 Å². The molecule has 0 spiro atoms. The van der Waals surface area contributed by atoms with Crippen molar-refractivity contribution < 1.29 is 27.6 Å². The predicted octanol–water partition coefficient (Wildman–Crippen LogP) is 4.13. The number of ketones is 2. The monoisotopic (exact) mass is 381 g/mol. The molecule has 0 radical (unpaired) electrons. The molecule has 1 amide bonds. The number of carbonyl (C=O) groups excluding carboxylic acids is 3. The summed E-state index contributed by atoms with van der Waals surface area (Å²) in [7, 11) is 0. The van der Waals surface area contributed by atoms with E-state index in [0.717, 1.165) is 6.07 Å². The Morgan fingerprint density at radius 3 is 2.07 bits per heavy atom. The fraction of sp³-hybridized carbons (Fsp3) is 0. The van der Waals surface area contributed by atoms with Gasteiger partial charge in [0.1, 0.15) is 0 Å². The quantitative estimate of drug-likeness (QED) is 0.531. The smallest absolute Gasteiger partial charge is 0.258 e. The Hall–Kier alpha value is -3.74. The Bertz CT molecular complexity index is 1190. The molecule has 0 heterocycles. The Labute approximate surface area is 156 Å². The maximum absolute atomic E-state index is 13.9. The van der Waals surface area contributed by atoms with Gasteiger partial charge in [-0.05, 0) is 18.2 Å². The second kappa shape index (κ2) is 6.45.